The Morgan fingerprint density at radius 1 is 1.29 bits per heavy atom. The molecule has 0 saturated carbocycles. The predicted molar refractivity (Wildman–Crippen MR) is 51.3 cm³/mol. The molecule has 0 aliphatic carbocycles. The summed E-state index contributed by atoms with van der Waals surface area (Å²) in [5.74, 6) is 0.0833. The van der Waals surface area contributed by atoms with Gasteiger partial charge >= 0.3 is 0 Å². The second-order valence-electron chi connectivity index (χ2n) is 2.63. The lowest BCUT2D eigenvalue weighted by atomic mass is 10.4. The SMILES string of the molecule is C=C(C)[O-].CC(C)=O.OCC(O)CO. The fraction of sp³-hybridized carbons (Fsp3) is 0.667. The predicted octanol–water partition coefficient (Wildman–Crippen LogP) is -1.19. The lowest BCUT2D eigenvalue weighted by Gasteiger charge is -1.96. The molecule has 0 aliphatic heterocycles. The molecule has 86 valence electrons. The van der Waals surface area contributed by atoms with E-state index in [1.54, 1.807) is 0 Å². The zero-order valence-electron chi connectivity index (χ0n) is 8.86. The van der Waals surface area contributed by atoms with E-state index in [0.29, 0.717) is 0 Å². The van der Waals surface area contributed by atoms with E-state index in [0.717, 1.165) is 0 Å². The molecular weight excluding hydrogens is 188 g/mol. The van der Waals surface area contributed by atoms with Gasteiger partial charge in [-0.15, -0.1) is 12.3 Å². The van der Waals surface area contributed by atoms with Crippen LogP contribution < -0.4 is 5.11 Å². The summed E-state index contributed by atoms with van der Waals surface area (Å²) in [6.45, 7) is 6.74. The highest BCUT2D eigenvalue weighted by Crippen LogP contribution is 1.71. The van der Waals surface area contributed by atoms with Crippen molar-refractivity contribution in [1.29, 1.82) is 0 Å². The standard InChI is InChI=1S/C3H8O3.2C3H6O/c4-1-3(6)2-5;2*1-3(2)4/h3-6H,1-2H2;1-2H3;4H,1H2,2H3/p-1. The maximum Gasteiger partial charge on any atom is 0.126 e. The van der Waals surface area contributed by atoms with E-state index in [1.807, 2.05) is 0 Å². The Balaban J connectivity index is -0.000000135. The summed E-state index contributed by atoms with van der Waals surface area (Å²) in [6.07, 6.45) is -0.954. The Bertz CT molecular complexity index is 120. The van der Waals surface area contributed by atoms with E-state index in [-0.39, 0.29) is 24.8 Å². The average molecular weight is 207 g/mol. The minimum atomic E-state index is -0.954. The number of aliphatic hydroxyl groups excluding tert-OH is 3. The Morgan fingerprint density at radius 2 is 1.43 bits per heavy atom. The van der Waals surface area contributed by atoms with Gasteiger partial charge < -0.3 is 25.2 Å². The molecule has 0 amide bonds. The summed E-state index contributed by atoms with van der Waals surface area (Å²) >= 11 is 0. The molecule has 0 bridgehead atoms. The van der Waals surface area contributed by atoms with E-state index in [1.165, 1.54) is 20.8 Å². The Labute approximate surface area is 84.3 Å². The third-order valence-corrected chi connectivity index (χ3v) is 0.421. The summed E-state index contributed by atoms with van der Waals surface area (Å²) < 4.78 is 0. The summed E-state index contributed by atoms with van der Waals surface area (Å²) in [5.41, 5.74) is 0. The molecule has 5 heteroatoms. The minimum absolute atomic E-state index is 0.0833. The van der Waals surface area contributed by atoms with Gasteiger partial charge in [0, 0.05) is 0 Å². The summed E-state index contributed by atoms with van der Waals surface area (Å²) in [5, 5.41) is 33.3. The highest BCUT2D eigenvalue weighted by molar-refractivity contribution is 5.72. The Morgan fingerprint density at radius 3 is 1.43 bits per heavy atom. The van der Waals surface area contributed by atoms with Gasteiger partial charge in [0.05, 0.1) is 13.2 Å². The lowest BCUT2D eigenvalue weighted by Crippen LogP contribution is -2.15. The zero-order valence-corrected chi connectivity index (χ0v) is 8.86. The van der Waals surface area contributed by atoms with Gasteiger partial charge in [-0.05, 0) is 13.8 Å². The van der Waals surface area contributed by atoms with Crippen LogP contribution in [0.25, 0.3) is 0 Å². The molecule has 0 heterocycles. The van der Waals surface area contributed by atoms with Crippen molar-refractivity contribution in [2.24, 2.45) is 0 Å². The first-order valence-electron chi connectivity index (χ1n) is 3.97. The second-order valence-corrected chi connectivity index (χ2v) is 2.63. The van der Waals surface area contributed by atoms with Crippen LogP contribution in [0.1, 0.15) is 20.8 Å². The number of rotatable bonds is 2. The van der Waals surface area contributed by atoms with E-state index < -0.39 is 6.10 Å². The number of Topliss-reactive ketones (excluding diaryl/α,β-unsaturated/α-hetero) is 1. The van der Waals surface area contributed by atoms with Gasteiger partial charge in [0.25, 0.3) is 0 Å². The average Bonchev–Trinajstić information content (AvgIpc) is 2.01. The highest BCUT2D eigenvalue weighted by Gasteiger charge is 1.93. The van der Waals surface area contributed by atoms with Crippen molar-refractivity contribution < 1.29 is 25.2 Å². The quantitative estimate of drug-likeness (QED) is 0.494. The first-order valence-corrected chi connectivity index (χ1v) is 3.97. The summed E-state index contributed by atoms with van der Waals surface area (Å²) in [6, 6.07) is 0. The molecule has 0 saturated heterocycles. The smallest absolute Gasteiger partial charge is 0.126 e. The molecule has 0 rings (SSSR count). The molecule has 14 heavy (non-hydrogen) atoms. The topological polar surface area (TPSA) is 101 Å². The number of allylic oxidation sites excluding steroid dienone is 1. The second kappa shape index (κ2) is 14.6. The molecule has 0 aromatic rings. The molecule has 0 fully saturated rings. The van der Waals surface area contributed by atoms with Crippen LogP contribution in [0.15, 0.2) is 12.3 Å². The molecule has 0 unspecified atom stereocenters. The van der Waals surface area contributed by atoms with E-state index in [2.05, 4.69) is 6.58 Å². The van der Waals surface area contributed by atoms with Crippen molar-refractivity contribution in [3.63, 3.8) is 0 Å². The number of hydrogen-bond acceptors (Lipinski definition) is 5. The van der Waals surface area contributed by atoms with Gasteiger partial charge in [-0.2, -0.15) is 0 Å². The third-order valence-electron chi connectivity index (χ3n) is 0.421. The molecule has 5 nitrogen and oxygen atoms in total. The van der Waals surface area contributed by atoms with Crippen LogP contribution in [0.4, 0.5) is 0 Å². The first-order chi connectivity index (χ1) is 6.27. The molecular formula is C9H19O5-. The number of hydrogen-bond donors (Lipinski definition) is 3. The van der Waals surface area contributed by atoms with Crippen molar-refractivity contribution in [3.05, 3.63) is 12.3 Å². The van der Waals surface area contributed by atoms with Gasteiger partial charge in [-0.1, -0.05) is 6.92 Å². The molecule has 0 radical (unpaired) electrons. The third kappa shape index (κ3) is 118. The van der Waals surface area contributed by atoms with Crippen molar-refractivity contribution in [2.75, 3.05) is 13.2 Å². The van der Waals surface area contributed by atoms with E-state index >= 15 is 0 Å². The number of carbonyl (C=O) groups excluding carboxylic acids is 1. The molecule has 0 spiro atoms. The molecule has 0 aromatic heterocycles. The maximum absolute atomic E-state index is 9.44. The summed E-state index contributed by atoms with van der Waals surface area (Å²) in [4.78, 5) is 9.44. The van der Waals surface area contributed by atoms with Crippen LogP contribution in [0.5, 0.6) is 0 Å². The first kappa shape index (κ1) is 18.8. The van der Waals surface area contributed by atoms with Crippen LogP contribution >= 0.6 is 0 Å². The van der Waals surface area contributed by atoms with Gasteiger partial charge in [0.1, 0.15) is 11.9 Å². The highest BCUT2D eigenvalue weighted by atomic mass is 16.3. The monoisotopic (exact) mass is 207 g/mol. The van der Waals surface area contributed by atoms with Gasteiger partial charge in [-0.3, -0.25) is 0 Å². The van der Waals surface area contributed by atoms with E-state index in [4.69, 9.17) is 15.3 Å². The van der Waals surface area contributed by atoms with Crippen LogP contribution in [-0.4, -0.2) is 40.4 Å². The van der Waals surface area contributed by atoms with Crippen molar-refractivity contribution in [1.82, 2.24) is 0 Å². The van der Waals surface area contributed by atoms with E-state index in [9.17, 15) is 9.90 Å². The molecule has 0 aromatic carbocycles. The van der Waals surface area contributed by atoms with Crippen molar-refractivity contribution in [3.8, 4) is 0 Å². The Hall–Kier alpha value is -0.910. The lowest BCUT2D eigenvalue weighted by molar-refractivity contribution is -0.300. The normalized spacial score (nSPS) is 7.93. The summed E-state index contributed by atoms with van der Waals surface area (Å²) in [7, 11) is 0. The minimum Gasteiger partial charge on any atom is -0.876 e. The van der Waals surface area contributed by atoms with Gasteiger partial charge in [0.15, 0.2) is 0 Å². The number of ketones is 1. The fourth-order valence-electron chi connectivity index (χ4n) is 0.0577. The van der Waals surface area contributed by atoms with Gasteiger partial charge in [0.2, 0.25) is 0 Å². The maximum atomic E-state index is 9.44. The van der Waals surface area contributed by atoms with Crippen LogP contribution in [-0.2, 0) is 4.79 Å². The van der Waals surface area contributed by atoms with Crippen LogP contribution in [0.2, 0.25) is 0 Å². The fourth-order valence-corrected chi connectivity index (χ4v) is 0.0577. The van der Waals surface area contributed by atoms with Crippen molar-refractivity contribution >= 4 is 5.78 Å². The Kier molecular flexibility index (Phi) is 19.6. The molecule has 0 aliphatic rings. The zero-order chi connectivity index (χ0) is 12.1. The van der Waals surface area contributed by atoms with Gasteiger partial charge in [-0.25, -0.2) is 0 Å². The molecule has 0 atom stereocenters. The largest absolute Gasteiger partial charge is 0.876 e. The van der Waals surface area contributed by atoms with Crippen molar-refractivity contribution in [2.45, 2.75) is 26.9 Å². The molecule has 3 N–H and O–H groups in total. The van der Waals surface area contributed by atoms with Crippen LogP contribution in [0.3, 0.4) is 0 Å². The number of carbonyl (C=O) groups is 1. The van der Waals surface area contributed by atoms with Crippen LogP contribution in [0, 0.1) is 0 Å². The number of aliphatic hydroxyl groups is 3.